The van der Waals surface area contributed by atoms with Crippen molar-refractivity contribution in [2.24, 2.45) is 5.92 Å². The Morgan fingerprint density at radius 3 is 3.17 bits per heavy atom. The van der Waals surface area contributed by atoms with Gasteiger partial charge in [-0.1, -0.05) is 6.92 Å². The molecule has 0 aliphatic carbocycles. The second-order valence-corrected chi connectivity index (χ2v) is 4.87. The van der Waals surface area contributed by atoms with Crippen molar-refractivity contribution >= 4 is 11.6 Å². The number of rotatable bonds is 4. The molecule has 4 heteroatoms. The molecule has 1 aliphatic heterocycles. The van der Waals surface area contributed by atoms with E-state index in [-0.39, 0.29) is 11.8 Å². The molecule has 1 aliphatic rings. The van der Waals surface area contributed by atoms with E-state index < -0.39 is 0 Å². The second kappa shape index (κ2) is 5.85. The molecule has 1 atom stereocenters. The largest absolute Gasteiger partial charge is 0.385 e. The highest BCUT2D eigenvalue weighted by molar-refractivity contribution is 5.79. The fourth-order valence-corrected chi connectivity index (χ4v) is 2.36. The quantitative estimate of drug-likeness (QED) is 0.887. The van der Waals surface area contributed by atoms with Gasteiger partial charge in [0.25, 0.3) is 0 Å². The number of hydrogen-bond donors (Lipinski definition) is 1. The Kier molecular flexibility index (Phi) is 4.18. The van der Waals surface area contributed by atoms with E-state index in [1.54, 1.807) is 6.20 Å². The van der Waals surface area contributed by atoms with Gasteiger partial charge >= 0.3 is 0 Å². The third kappa shape index (κ3) is 3.00. The van der Waals surface area contributed by atoms with Crippen molar-refractivity contribution in [3.63, 3.8) is 0 Å². The minimum absolute atomic E-state index is 0.163. The van der Waals surface area contributed by atoms with Crippen LogP contribution in [0.1, 0.15) is 32.4 Å². The number of piperidine rings is 1. The molecule has 98 valence electrons. The molecule has 1 aromatic rings. The first-order valence-electron chi connectivity index (χ1n) is 6.68. The fraction of sp³-hybridized carbons (Fsp3) is 0.571. The van der Waals surface area contributed by atoms with Crippen molar-refractivity contribution in [1.29, 1.82) is 0 Å². The molecule has 2 heterocycles. The van der Waals surface area contributed by atoms with Gasteiger partial charge < -0.3 is 10.2 Å². The molecule has 1 unspecified atom stereocenters. The monoisotopic (exact) mass is 247 g/mol. The van der Waals surface area contributed by atoms with Crippen molar-refractivity contribution < 1.29 is 4.79 Å². The predicted molar refractivity (Wildman–Crippen MR) is 72.2 cm³/mol. The Hall–Kier alpha value is -1.58. The zero-order valence-electron chi connectivity index (χ0n) is 11.1. The summed E-state index contributed by atoms with van der Waals surface area (Å²) in [6.45, 7) is 6.45. The molecule has 0 spiro atoms. The maximum absolute atomic E-state index is 12.0. The molecule has 1 N–H and O–H groups in total. The average molecular weight is 247 g/mol. The third-order valence-electron chi connectivity index (χ3n) is 3.35. The molecule has 18 heavy (non-hydrogen) atoms. The summed E-state index contributed by atoms with van der Waals surface area (Å²) in [6, 6.07) is 3.98. The van der Waals surface area contributed by atoms with E-state index in [1.165, 1.54) is 0 Å². The van der Waals surface area contributed by atoms with Crippen molar-refractivity contribution in [3.8, 4) is 0 Å². The number of carbonyl (C=O) groups is 1. The lowest BCUT2D eigenvalue weighted by Crippen LogP contribution is -2.39. The Bertz CT molecular complexity index is 419. The molecular formula is C14H21N3O. The lowest BCUT2D eigenvalue weighted by atomic mass is 9.99. The highest BCUT2D eigenvalue weighted by Gasteiger charge is 2.25. The molecule has 0 radical (unpaired) electrons. The topological polar surface area (TPSA) is 45.2 Å². The normalized spacial score (nSPS) is 20.0. The number of nitrogens with one attached hydrogen (secondary N) is 1. The molecule has 0 aromatic carbocycles. The van der Waals surface area contributed by atoms with E-state index >= 15 is 0 Å². The number of nitrogens with zero attached hydrogens (tertiary/aromatic N) is 2. The summed E-state index contributed by atoms with van der Waals surface area (Å²) in [4.78, 5) is 18.3. The van der Waals surface area contributed by atoms with Crippen LogP contribution in [0.15, 0.2) is 18.3 Å². The van der Waals surface area contributed by atoms with Crippen molar-refractivity contribution in [1.82, 2.24) is 9.88 Å². The highest BCUT2D eigenvalue weighted by atomic mass is 16.2. The summed E-state index contributed by atoms with van der Waals surface area (Å²) < 4.78 is 0. The SMILES string of the molecule is CCNc1ccnc(CN2CCCC(C)C2=O)c1. The minimum atomic E-state index is 0.163. The van der Waals surface area contributed by atoms with Crippen molar-refractivity contribution in [3.05, 3.63) is 24.0 Å². The lowest BCUT2D eigenvalue weighted by molar-refractivity contribution is -0.138. The van der Waals surface area contributed by atoms with Crippen LogP contribution in [-0.2, 0) is 11.3 Å². The van der Waals surface area contributed by atoms with Crippen LogP contribution in [0.5, 0.6) is 0 Å². The van der Waals surface area contributed by atoms with E-state index in [0.29, 0.717) is 6.54 Å². The van der Waals surface area contributed by atoms with Gasteiger partial charge in [0.15, 0.2) is 0 Å². The van der Waals surface area contributed by atoms with Crippen molar-refractivity contribution in [2.75, 3.05) is 18.4 Å². The van der Waals surface area contributed by atoms with Gasteiger partial charge in [-0.15, -0.1) is 0 Å². The molecule has 1 amide bonds. The standard InChI is InChI=1S/C14H21N3O/c1-3-15-12-6-7-16-13(9-12)10-17-8-4-5-11(2)14(17)18/h6-7,9,11H,3-5,8,10H2,1-2H3,(H,15,16). The number of aromatic nitrogens is 1. The lowest BCUT2D eigenvalue weighted by Gasteiger charge is -2.30. The van der Waals surface area contributed by atoms with Gasteiger partial charge in [0.2, 0.25) is 5.91 Å². The van der Waals surface area contributed by atoms with Crippen LogP contribution in [-0.4, -0.2) is 28.9 Å². The molecule has 1 saturated heterocycles. The van der Waals surface area contributed by atoms with Gasteiger partial charge in [-0.25, -0.2) is 0 Å². The summed E-state index contributed by atoms with van der Waals surface area (Å²) in [5, 5.41) is 3.26. The molecule has 0 bridgehead atoms. The smallest absolute Gasteiger partial charge is 0.225 e. The van der Waals surface area contributed by atoms with Crippen LogP contribution in [0.25, 0.3) is 0 Å². The van der Waals surface area contributed by atoms with Gasteiger partial charge in [0.1, 0.15) is 0 Å². The van der Waals surface area contributed by atoms with E-state index in [4.69, 9.17) is 0 Å². The first-order chi connectivity index (χ1) is 8.70. The van der Waals surface area contributed by atoms with Crippen LogP contribution < -0.4 is 5.32 Å². The zero-order chi connectivity index (χ0) is 13.0. The number of likely N-dealkylation sites (tertiary alicyclic amines) is 1. The maximum atomic E-state index is 12.0. The molecule has 0 saturated carbocycles. The second-order valence-electron chi connectivity index (χ2n) is 4.87. The van der Waals surface area contributed by atoms with Gasteiger partial charge in [-0.2, -0.15) is 0 Å². The Morgan fingerprint density at radius 1 is 1.56 bits per heavy atom. The van der Waals surface area contributed by atoms with E-state index in [2.05, 4.69) is 17.2 Å². The summed E-state index contributed by atoms with van der Waals surface area (Å²) in [5.41, 5.74) is 2.02. The van der Waals surface area contributed by atoms with E-state index in [9.17, 15) is 4.79 Å². The molecule has 1 aromatic heterocycles. The maximum Gasteiger partial charge on any atom is 0.225 e. The summed E-state index contributed by atoms with van der Waals surface area (Å²) in [6.07, 6.45) is 3.91. The molecule has 1 fully saturated rings. The van der Waals surface area contributed by atoms with Crippen LogP contribution in [0.4, 0.5) is 5.69 Å². The van der Waals surface area contributed by atoms with Crippen LogP contribution in [0.2, 0.25) is 0 Å². The number of pyridine rings is 1. The minimum Gasteiger partial charge on any atom is -0.385 e. The molecule has 2 rings (SSSR count). The first-order valence-corrected chi connectivity index (χ1v) is 6.68. The average Bonchev–Trinajstić information content (AvgIpc) is 2.36. The number of hydrogen-bond acceptors (Lipinski definition) is 3. The van der Waals surface area contributed by atoms with Gasteiger partial charge in [0, 0.05) is 30.9 Å². The Balaban J connectivity index is 2.04. The number of carbonyl (C=O) groups excluding carboxylic acids is 1. The van der Waals surface area contributed by atoms with Gasteiger partial charge in [-0.05, 0) is 31.9 Å². The first kappa shape index (κ1) is 12.9. The Morgan fingerprint density at radius 2 is 2.39 bits per heavy atom. The summed E-state index contributed by atoms with van der Waals surface area (Å²) >= 11 is 0. The summed E-state index contributed by atoms with van der Waals surface area (Å²) in [7, 11) is 0. The number of amides is 1. The predicted octanol–water partition coefficient (Wildman–Crippen LogP) is 2.27. The fourth-order valence-electron chi connectivity index (χ4n) is 2.36. The van der Waals surface area contributed by atoms with Gasteiger partial charge in [0.05, 0.1) is 12.2 Å². The van der Waals surface area contributed by atoms with Crippen molar-refractivity contribution in [2.45, 2.75) is 33.2 Å². The van der Waals surface area contributed by atoms with Crippen LogP contribution in [0, 0.1) is 5.92 Å². The Labute approximate surface area is 108 Å². The highest BCUT2D eigenvalue weighted by Crippen LogP contribution is 2.19. The van der Waals surface area contributed by atoms with Crippen LogP contribution in [0.3, 0.4) is 0 Å². The summed E-state index contributed by atoms with van der Waals surface area (Å²) in [5.74, 6) is 0.424. The number of anilines is 1. The molecular weight excluding hydrogens is 226 g/mol. The van der Waals surface area contributed by atoms with E-state index in [1.807, 2.05) is 24.0 Å². The molecule has 4 nitrogen and oxygen atoms in total. The third-order valence-corrected chi connectivity index (χ3v) is 3.35. The van der Waals surface area contributed by atoms with Gasteiger partial charge in [-0.3, -0.25) is 9.78 Å². The van der Waals surface area contributed by atoms with Crippen LogP contribution >= 0.6 is 0 Å². The zero-order valence-corrected chi connectivity index (χ0v) is 11.1. The van der Waals surface area contributed by atoms with E-state index in [0.717, 1.165) is 37.3 Å².